The van der Waals surface area contributed by atoms with E-state index in [1.165, 1.54) is 0 Å². The summed E-state index contributed by atoms with van der Waals surface area (Å²) in [5, 5.41) is 4.72. The Morgan fingerprint density at radius 3 is 2.78 bits per heavy atom. The van der Waals surface area contributed by atoms with Crippen molar-refractivity contribution >= 4 is 33.6 Å². The molecule has 7 nitrogen and oxygen atoms in total. The number of pyridine rings is 1. The molecule has 0 bridgehead atoms. The normalized spacial score (nSPS) is 12.6. The molecule has 1 aromatic rings. The fraction of sp³-hybridized carbons (Fsp3) is 0.333. The number of rotatable bonds is 6. The Kier molecular flexibility index (Phi) is 5.38. The van der Waals surface area contributed by atoms with Gasteiger partial charge in [0.1, 0.15) is 11.7 Å². The second kappa shape index (κ2) is 6.57. The first-order chi connectivity index (χ1) is 8.37. The Morgan fingerprint density at radius 2 is 2.17 bits per heavy atom. The molecular formula is C9H15N5O2S2. The van der Waals surface area contributed by atoms with E-state index in [9.17, 15) is 8.42 Å². The van der Waals surface area contributed by atoms with Crippen LogP contribution in [-0.4, -0.2) is 25.0 Å². The standard InChI is InChI=1S/C9H15N5O2S2/c10-8-3-1-2-7(13-8)6-17-5-4-9(11)14-18(12,15)16/h1-3H,4-6H2,(H2,10,13)(H2,11,14)(H2,12,15,16). The van der Waals surface area contributed by atoms with E-state index < -0.39 is 10.2 Å². The number of hydrogen-bond acceptors (Lipinski definition) is 5. The highest BCUT2D eigenvalue weighted by Crippen LogP contribution is 2.12. The Hall–Kier alpha value is -1.32. The summed E-state index contributed by atoms with van der Waals surface area (Å²) in [6, 6.07) is 5.41. The lowest BCUT2D eigenvalue weighted by Gasteiger charge is -2.02. The second-order valence-corrected chi connectivity index (χ2v) is 5.77. The van der Waals surface area contributed by atoms with Gasteiger partial charge in [0, 0.05) is 17.9 Å². The van der Waals surface area contributed by atoms with E-state index in [-0.39, 0.29) is 5.84 Å². The van der Waals surface area contributed by atoms with Gasteiger partial charge < -0.3 is 11.5 Å². The maximum Gasteiger partial charge on any atom is 0.318 e. The number of aromatic nitrogens is 1. The first-order valence-electron chi connectivity index (χ1n) is 5.03. The van der Waals surface area contributed by atoms with Crippen LogP contribution in [0, 0.1) is 0 Å². The number of nitrogens with two attached hydrogens (primary N) is 3. The average Bonchev–Trinajstić information content (AvgIpc) is 2.22. The first kappa shape index (κ1) is 14.7. The van der Waals surface area contributed by atoms with Crippen LogP contribution in [0.4, 0.5) is 5.82 Å². The highest BCUT2D eigenvalue weighted by atomic mass is 32.2. The average molecular weight is 289 g/mol. The molecule has 0 atom stereocenters. The quantitative estimate of drug-likeness (QED) is 0.378. The summed E-state index contributed by atoms with van der Waals surface area (Å²) < 4.78 is 24.4. The van der Waals surface area contributed by atoms with Gasteiger partial charge in [0.25, 0.3) is 0 Å². The van der Waals surface area contributed by atoms with Crippen molar-refractivity contribution in [3.8, 4) is 0 Å². The molecule has 0 aromatic carbocycles. The fourth-order valence-electron chi connectivity index (χ4n) is 1.14. The molecule has 0 aliphatic rings. The molecule has 1 aromatic heterocycles. The molecular weight excluding hydrogens is 274 g/mol. The maximum absolute atomic E-state index is 10.6. The van der Waals surface area contributed by atoms with Gasteiger partial charge in [-0.3, -0.25) is 0 Å². The SMILES string of the molecule is N/C(CCSCc1cccc(N)n1)=N/S(N)(=O)=O. The van der Waals surface area contributed by atoms with Crippen LogP contribution in [0.3, 0.4) is 0 Å². The molecule has 0 amide bonds. The zero-order chi connectivity index (χ0) is 13.6. The topological polar surface area (TPSA) is 137 Å². The third-order valence-electron chi connectivity index (χ3n) is 1.83. The molecule has 9 heteroatoms. The van der Waals surface area contributed by atoms with E-state index in [4.69, 9.17) is 16.6 Å². The van der Waals surface area contributed by atoms with Crippen molar-refractivity contribution in [2.45, 2.75) is 12.2 Å². The number of nitrogen functional groups attached to an aromatic ring is 1. The summed E-state index contributed by atoms with van der Waals surface area (Å²) in [6.07, 6.45) is 0.351. The van der Waals surface area contributed by atoms with Crippen LogP contribution in [0.25, 0.3) is 0 Å². The first-order valence-corrected chi connectivity index (χ1v) is 7.69. The van der Waals surface area contributed by atoms with Gasteiger partial charge in [0.05, 0.1) is 5.69 Å². The van der Waals surface area contributed by atoms with E-state index >= 15 is 0 Å². The molecule has 1 heterocycles. The van der Waals surface area contributed by atoms with Gasteiger partial charge >= 0.3 is 10.2 Å². The summed E-state index contributed by atoms with van der Waals surface area (Å²) in [4.78, 5) is 4.13. The lowest BCUT2D eigenvalue weighted by Crippen LogP contribution is -2.19. The largest absolute Gasteiger partial charge is 0.386 e. The third-order valence-corrected chi connectivity index (χ3v) is 3.31. The summed E-state index contributed by atoms with van der Waals surface area (Å²) in [6.45, 7) is 0. The zero-order valence-electron chi connectivity index (χ0n) is 9.61. The lowest BCUT2D eigenvalue weighted by molar-refractivity contribution is 0.599. The van der Waals surface area contributed by atoms with Crippen molar-refractivity contribution in [3.05, 3.63) is 23.9 Å². The monoisotopic (exact) mass is 289 g/mol. The molecule has 6 N–H and O–H groups in total. The minimum atomic E-state index is -3.89. The minimum absolute atomic E-state index is 0.00512. The molecule has 1 rings (SSSR count). The highest BCUT2D eigenvalue weighted by Gasteiger charge is 2.01. The van der Waals surface area contributed by atoms with Crippen LogP contribution >= 0.6 is 11.8 Å². The van der Waals surface area contributed by atoms with Crippen LogP contribution in [0.2, 0.25) is 0 Å². The van der Waals surface area contributed by atoms with Crippen LogP contribution in [0.1, 0.15) is 12.1 Å². The highest BCUT2D eigenvalue weighted by molar-refractivity contribution is 7.98. The van der Waals surface area contributed by atoms with Gasteiger partial charge in [0.2, 0.25) is 0 Å². The van der Waals surface area contributed by atoms with Crippen molar-refractivity contribution in [2.24, 2.45) is 15.3 Å². The number of amidine groups is 1. The molecule has 0 spiro atoms. The smallest absolute Gasteiger partial charge is 0.318 e. The molecule has 0 saturated heterocycles. The van der Waals surface area contributed by atoms with Gasteiger partial charge in [-0.05, 0) is 12.1 Å². The fourth-order valence-corrected chi connectivity index (χ4v) is 2.43. The second-order valence-electron chi connectivity index (χ2n) is 3.45. The van der Waals surface area contributed by atoms with Crippen molar-refractivity contribution in [2.75, 3.05) is 11.5 Å². The van der Waals surface area contributed by atoms with E-state index in [2.05, 4.69) is 9.38 Å². The Balaban J connectivity index is 2.34. The molecule has 0 radical (unpaired) electrons. The number of hydrogen-bond donors (Lipinski definition) is 3. The Morgan fingerprint density at radius 1 is 1.44 bits per heavy atom. The molecule has 0 aliphatic carbocycles. The Bertz CT molecular complexity index is 530. The van der Waals surface area contributed by atoms with Gasteiger partial charge in [0.15, 0.2) is 0 Å². The van der Waals surface area contributed by atoms with E-state index in [0.717, 1.165) is 5.69 Å². The summed E-state index contributed by atoms with van der Waals surface area (Å²) in [7, 11) is -3.89. The molecule has 0 fully saturated rings. The summed E-state index contributed by atoms with van der Waals surface area (Å²) in [5.41, 5.74) is 11.8. The predicted octanol–water partition coefficient (Wildman–Crippen LogP) is -0.152. The maximum atomic E-state index is 10.6. The lowest BCUT2D eigenvalue weighted by atomic mass is 10.4. The van der Waals surface area contributed by atoms with E-state index in [0.29, 0.717) is 23.7 Å². The minimum Gasteiger partial charge on any atom is -0.386 e. The van der Waals surface area contributed by atoms with Gasteiger partial charge in [-0.1, -0.05) is 6.07 Å². The van der Waals surface area contributed by atoms with Crippen molar-refractivity contribution < 1.29 is 8.42 Å². The number of thioether (sulfide) groups is 1. The van der Waals surface area contributed by atoms with Crippen molar-refractivity contribution in [3.63, 3.8) is 0 Å². The van der Waals surface area contributed by atoms with Crippen molar-refractivity contribution in [1.29, 1.82) is 0 Å². The number of anilines is 1. The van der Waals surface area contributed by atoms with Gasteiger partial charge in [-0.25, -0.2) is 10.1 Å². The van der Waals surface area contributed by atoms with Crippen molar-refractivity contribution in [1.82, 2.24) is 4.98 Å². The summed E-state index contributed by atoms with van der Waals surface area (Å²) >= 11 is 1.55. The van der Waals surface area contributed by atoms with Gasteiger partial charge in [-0.15, -0.1) is 4.40 Å². The molecule has 18 heavy (non-hydrogen) atoms. The van der Waals surface area contributed by atoms with E-state index in [1.54, 1.807) is 17.8 Å². The molecule has 0 aliphatic heterocycles. The predicted molar refractivity (Wildman–Crippen MR) is 74.2 cm³/mol. The van der Waals surface area contributed by atoms with Crippen LogP contribution < -0.4 is 16.6 Å². The van der Waals surface area contributed by atoms with Gasteiger partial charge in [-0.2, -0.15) is 20.2 Å². The van der Waals surface area contributed by atoms with E-state index in [1.807, 2.05) is 12.1 Å². The van der Waals surface area contributed by atoms with Crippen LogP contribution in [0.15, 0.2) is 22.6 Å². The third kappa shape index (κ3) is 6.42. The van der Waals surface area contributed by atoms with Crippen LogP contribution in [-0.2, 0) is 16.0 Å². The number of nitrogens with zero attached hydrogens (tertiary/aromatic N) is 2. The molecule has 0 saturated carbocycles. The molecule has 0 unspecified atom stereocenters. The van der Waals surface area contributed by atoms with Crippen LogP contribution in [0.5, 0.6) is 0 Å². The summed E-state index contributed by atoms with van der Waals surface area (Å²) in [5.74, 6) is 1.78. The Labute approximate surface area is 110 Å². The molecule has 100 valence electrons. The zero-order valence-corrected chi connectivity index (χ0v) is 11.2.